The van der Waals surface area contributed by atoms with E-state index in [-0.39, 0.29) is 37.7 Å². The molecule has 2 saturated heterocycles. The van der Waals surface area contributed by atoms with Crippen molar-refractivity contribution < 1.29 is 27.5 Å². The Bertz CT molecular complexity index is 876. The molecule has 3 heterocycles. The maximum atomic E-state index is 12.9. The Kier molecular flexibility index (Phi) is 8.23. The minimum Gasteiger partial charge on any atom is -0.382 e. The van der Waals surface area contributed by atoms with Gasteiger partial charge in [0.05, 0.1) is 30.6 Å². The van der Waals surface area contributed by atoms with Crippen LogP contribution < -0.4 is 4.72 Å². The first-order chi connectivity index (χ1) is 14.8. The number of ether oxygens (including phenoxy) is 2. The van der Waals surface area contributed by atoms with Gasteiger partial charge in [-0.1, -0.05) is 11.6 Å². The number of aromatic nitrogens is 1. The number of hydrogen-bond donors (Lipinski definition) is 1. The minimum absolute atomic E-state index is 0.0453. The Labute approximate surface area is 186 Å². The second kappa shape index (κ2) is 10.7. The number of hydrogen-bond acceptors (Lipinski definition) is 7. The molecule has 0 spiro atoms. The van der Waals surface area contributed by atoms with Gasteiger partial charge in [-0.25, -0.2) is 13.1 Å². The van der Waals surface area contributed by atoms with Crippen LogP contribution in [-0.4, -0.2) is 99.4 Å². The molecule has 0 radical (unpaired) electrons. The van der Waals surface area contributed by atoms with Crippen LogP contribution in [0.2, 0.25) is 5.02 Å². The van der Waals surface area contributed by atoms with Crippen LogP contribution in [0.25, 0.3) is 0 Å². The number of nitrogens with zero attached hydrogens (tertiary/aromatic N) is 3. The number of morpholine rings is 1. The van der Waals surface area contributed by atoms with Gasteiger partial charge in [0.25, 0.3) is 0 Å². The molecule has 1 N–H and O–H groups in total. The molecule has 2 aliphatic heterocycles. The number of aryl methyl sites for hydroxylation is 1. The van der Waals surface area contributed by atoms with Gasteiger partial charge in [-0.05, 0) is 18.6 Å². The molecule has 172 valence electrons. The van der Waals surface area contributed by atoms with Crippen molar-refractivity contribution in [3.05, 3.63) is 29.0 Å². The van der Waals surface area contributed by atoms with E-state index < -0.39 is 28.0 Å². The molecule has 0 aromatic carbocycles. The van der Waals surface area contributed by atoms with E-state index in [2.05, 4.69) is 9.71 Å². The van der Waals surface area contributed by atoms with Crippen molar-refractivity contribution >= 4 is 33.4 Å². The maximum absolute atomic E-state index is 12.9. The molecular formula is C19H27ClN4O6S. The molecule has 2 aliphatic rings. The predicted molar refractivity (Wildman–Crippen MR) is 113 cm³/mol. The topological polar surface area (TPSA) is 118 Å². The summed E-state index contributed by atoms with van der Waals surface area (Å²) in [6, 6.07) is 1.61. The molecule has 12 heteroatoms. The van der Waals surface area contributed by atoms with Gasteiger partial charge in [-0.3, -0.25) is 14.6 Å². The maximum Gasteiger partial charge on any atom is 0.247 e. The van der Waals surface area contributed by atoms with Gasteiger partial charge in [0, 0.05) is 45.1 Å². The number of nitrogens with one attached hydrogen (secondary N) is 1. The highest BCUT2D eigenvalue weighted by molar-refractivity contribution is 7.89. The number of pyridine rings is 1. The standard InChI is InChI=1S/C19H27ClN4O6S/c1-29-13-17(19(26)23-7-9-30-10-8-23)24-6-4-16(18(24)25)22-31(27,28)11-5-15-3-2-14(20)12-21-15/h2-3,12,16-17,22H,4-11,13H2,1H3/t16-,17-/m0/s1. The van der Waals surface area contributed by atoms with Crippen molar-refractivity contribution in [2.24, 2.45) is 0 Å². The second-order valence-electron chi connectivity index (χ2n) is 7.44. The van der Waals surface area contributed by atoms with Crippen molar-refractivity contribution in [1.29, 1.82) is 0 Å². The van der Waals surface area contributed by atoms with Crippen LogP contribution in [0, 0.1) is 0 Å². The molecule has 3 rings (SSSR count). The number of sulfonamides is 1. The number of amides is 2. The highest BCUT2D eigenvalue weighted by Gasteiger charge is 2.41. The number of likely N-dealkylation sites (tertiary alicyclic amines) is 1. The summed E-state index contributed by atoms with van der Waals surface area (Å²) in [5, 5.41) is 0.471. The van der Waals surface area contributed by atoms with Crippen LogP contribution in [0.15, 0.2) is 18.3 Å². The zero-order valence-electron chi connectivity index (χ0n) is 17.3. The summed E-state index contributed by atoms with van der Waals surface area (Å²) in [5.41, 5.74) is 0.588. The van der Waals surface area contributed by atoms with E-state index in [0.717, 1.165) is 0 Å². The van der Waals surface area contributed by atoms with Gasteiger partial charge in [-0.2, -0.15) is 0 Å². The lowest BCUT2D eigenvalue weighted by Crippen LogP contribution is -2.55. The van der Waals surface area contributed by atoms with E-state index in [1.807, 2.05) is 0 Å². The first-order valence-corrected chi connectivity index (χ1v) is 12.1. The van der Waals surface area contributed by atoms with Gasteiger partial charge in [0.15, 0.2) is 0 Å². The SMILES string of the molecule is COC[C@@H](C(=O)N1CCOCC1)N1CC[C@H](NS(=O)(=O)CCc2ccc(Cl)cn2)C1=O. The van der Waals surface area contributed by atoms with Crippen molar-refractivity contribution in [3.63, 3.8) is 0 Å². The molecule has 0 unspecified atom stereocenters. The number of carbonyl (C=O) groups excluding carboxylic acids is 2. The Morgan fingerprint density at radius 1 is 1.35 bits per heavy atom. The fourth-order valence-electron chi connectivity index (χ4n) is 3.64. The summed E-state index contributed by atoms with van der Waals surface area (Å²) in [4.78, 5) is 33.0. The third-order valence-electron chi connectivity index (χ3n) is 5.29. The Morgan fingerprint density at radius 3 is 2.74 bits per heavy atom. The summed E-state index contributed by atoms with van der Waals surface area (Å²) in [7, 11) is -2.26. The van der Waals surface area contributed by atoms with Crippen LogP contribution >= 0.6 is 11.6 Å². The molecule has 2 atom stereocenters. The zero-order valence-corrected chi connectivity index (χ0v) is 18.9. The van der Waals surface area contributed by atoms with Gasteiger partial charge in [-0.15, -0.1) is 0 Å². The Balaban J connectivity index is 1.60. The molecule has 1 aromatic rings. The van der Waals surface area contributed by atoms with Gasteiger partial charge >= 0.3 is 0 Å². The number of carbonyl (C=O) groups is 2. The summed E-state index contributed by atoms with van der Waals surface area (Å²) in [5.74, 6) is -0.840. The van der Waals surface area contributed by atoms with Gasteiger partial charge in [0.1, 0.15) is 12.1 Å². The molecule has 0 aliphatic carbocycles. The number of methoxy groups -OCH3 is 1. The summed E-state index contributed by atoms with van der Waals surface area (Å²) < 4.78 is 37.9. The number of halogens is 1. The summed E-state index contributed by atoms with van der Waals surface area (Å²) >= 11 is 5.79. The van der Waals surface area contributed by atoms with E-state index in [0.29, 0.717) is 37.0 Å². The highest BCUT2D eigenvalue weighted by Crippen LogP contribution is 2.18. The van der Waals surface area contributed by atoms with Crippen LogP contribution in [0.1, 0.15) is 12.1 Å². The van der Waals surface area contributed by atoms with E-state index >= 15 is 0 Å². The fraction of sp³-hybridized carbons (Fsp3) is 0.632. The predicted octanol–water partition coefficient (Wildman–Crippen LogP) is -0.328. The van der Waals surface area contributed by atoms with Gasteiger partial charge < -0.3 is 19.3 Å². The molecule has 0 saturated carbocycles. The third-order valence-corrected chi connectivity index (χ3v) is 6.89. The average molecular weight is 475 g/mol. The largest absolute Gasteiger partial charge is 0.382 e. The molecular weight excluding hydrogens is 448 g/mol. The first kappa shape index (κ1) is 23.9. The van der Waals surface area contributed by atoms with Crippen LogP contribution in [0.5, 0.6) is 0 Å². The molecule has 0 bridgehead atoms. The normalized spacial score (nSPS) is 20.8. The van der Waals surface area contributed by atoms with Crippen LogP contribution in [-0.2, 0) is 35.5 Å². The minimum atomic E-state index is -3.72. The lowest BCUT2D eigenvalue weighted by molar-refractivity contribution is -0.148. The average Bonchev–Trinajstić information content (AvgIpc) is 3.11. The van der Waals surface area contributed by atoms with Crippen LogP contribution in [0.4, 0.5) is 0 Å². The molecule has 2 fully saturated rings. The monoisotopic (exact) mass is 474 g/mol. The van der Waals surface area contributed by atoms with Crippen molar-refractivity contribution in [2.75, 3.05) is 52.3 Å². The second-order valence-corrected chi connectivity index (χ2v) is 9.75. The van der Waals surface area contributed by atoms with Crippen molar-refractivity contribution in [3.8, 4) is 0 Å². The van der Waals surface area contributed by atoms with E-state index in [9.17, 15) is 18.0 Å². The van der Waals surface area contributed by atoms with E-state index in [1.54, 1.807) is 17.0 Å². The van der Waals surface area contributed by atoms with E-state index in [4.69, 9.17) is 21.1 Å². The molecule has 31 heavy (non-hydrogen) atoms. The smallest absolute Gasteiger partial charge is 0.247 e. The molecule has 10 nitrogen and oxygen atoms in total. The quantitative estimate of drug-likeness (QED) is 0.520. The number of rotatable bonds is 9. The van der Waals surface area contributed by atoms with Crippen LogP contribution in [0.3, 0.4) is 0 Å². The zero-order chi connectivity index (χ0) is 22.4. The molecule has 2 amide bonds. The lowest BCUT2D eigenvalue weighted by atomic mass is 10.2. The van der Waals surface area contributed by atoms with Crippen molar-refractivity contribution in [1.82, 2.24) is 19.5 Å². The summed E-state index contributed by atoms with van der Waals surface area (Å²) in [6.07, 6.45) is 1.93. The molecule has 1 aromatic heterocycles. The van der Waals surface area contributed by atoms with Gasteiger partial charge in [0.2, 0.25) is 21.8 Å². The highest BCUT2D eigenvalue weighted by atomic mass is 35.5. The fourth-order valence-corrected chi connectivity index (χ4v) is 5.00. The Hall–Kier alpha value is -1.79. The lowest BCUT2D eigenvalue weighted by Gasteiger charge is -2.34. The van der Waals surface area contributed by atoms with Crippen molar-refractivity contribution in [2.45, 2.75) is 24.9 Å². The third kappa shape index (κ3) is 6.36. The first-order valence-electron chi connectivity index (χ1n) is 10.1. The summed E-state index contributed by atoms with van der Waals surface area (Å²) in [6.45, 7) is 2.12. The Morgan fingerprint density at radius 2 is 2.10 bits per heavy atom. The van der Waals surface area contributed by atoms with E-state index in [1.165, 1.54) is 18.2 Å².